The van der Waals surface area contributed by atoms with Gasteiger partial charge in [-0.15, -0.1) is 0 Å². The molecular weight excluding hydrogens is 204 g/mol. The molecule has 16 heavy (non-hydrogen) atoms. The van der Waals surface area contributed by atoms with E-state index in [0.717, 1.165) is 17.7 Å². The molecule has 0 fully saturated rings. The van der Waals surface area contributed by atoms with Crippen molar-refractivity contribution < 1.29 is 14.6 Å². The molecule has 0 unspecified atom stereocenters. The number of ether oxygens (including phenoxy) is 1. The average Bonchev–Trinajstić information content (AvgIpc) is 2.16. The Morgan fingerprint density at radius 3 is 2.62 bits per heavy atom. The van der Waals surface area contributed by atoms with Crippen LogP contribution in [0.3, 0.4) is 0 Å². The van der Waals surface area contributed by atoms with Gasteiger partial charge in [0.15, 0.2) is 0 Å². The van der Waals surface area contributed by atoms with Gasteiger partial charge in [-0.25, -0.2) is 4.79 Å². The average molecular weight is 222 g/mol. The molecule has 0 aromatic heterocycles. The van der Waals surface area contributed by atoms with Crippen molar-refractivity contribution in [2.24, 2.45) is 5.92 Å². The lowest BCUT2D eigenvalue weighted by molar-refractivity contribution is 0.0695. The first-order chi connectivity index (χ1) is 7.54. The number of aromatic carboxylic acids is 1. The lowest BCUT2D eigenvalue weighted by Gasteiger charge is -2.11. The molecule has 0 aliphatic carbocycles. The SMILES string of the molecule is CCOc1ccc(C(=O)O)c(CC(C)C)c1. The molecule has 1 rings (SSSR count). The van der Waals surface area contributed by atoms with E-state index in [0.29, 0.717) is 18.1 Å². The zero-order chi connectivity index (χ0) is 12.1. The summed E-state index contributed by atoms with van der Waals surface area (Å²) in [4.78, 5) is 11.0. The fraction of sp³-hybridized carbons (Fsp3) is 0.462. The Balaban J connectivity index is 3.05. The predicted octanol–water partition coefficient (Wildman–Crippen LogP) is 2.98. The van der Waals surface area contributed by atoms with Crippen molar-refractivity contribution in [1.29, 1.82) is 0 Å². The molecule has 0 saturated carbocycles. The zero-order valence-electron chi connectivity index (χ0n) is 9.99. The zero-order valence-corrected chi connectivity index (χ0v) is 9.99. The van der Waals surface area contributed by atoms with E-state index in [2.05, 4.69) is 13.8 Å². The minimum Gasteiger partial charge on any atom is -0.494 e. The summed E-state index contributed by atoms with van der Waals surface area (Å²) in [5, 5.41) is 9.06. The summed E-state index contributed by atoms with van der Waals surface area (Å²) >= 11 is 0. The molecule has 0 atom stereocenters. The molecule has 0 heterocycles. The van der Waals surface area contributed by atoms with Crippen LogP contribution in [0.4, 0.5) is 0 Å². The van der Waals surface area contributed by atoms with E-state index in [-0.39, 0.29) is 0 Å². The number of carboxylic acids is 1. The van der Waals surface area contributed by atoms with E-state index < -0.39 is 5.97 Å². The molecule has 0 saturated heterocycles. The van der Waals surface area contributed by atoms with Gasteiger partial charge >= 0.3 is 5.97 Å². The Labute approximate surface area is 96.1 Å². The van der Waals surface area contributed by atoms with Gasteiger partial charge in [-0.3, -0.25) is 0 Å². The van der Waals surface area contributed by atoms with Crippen LogP contribution in [-0.4, -0.2) is 17.7 Å². The van der Waals surface area contributed by atoms with Crippen LogP contribution in [0, 0.1) is 5.92 Å². The largest absolute Gasteiger partial charge is 0.494 e. The second kappa shape index (κ2) is 5.54. The van der Waals surface area contributed by atoms with Crippen LogP contribution in [0.25, 0.3) is 0 Å². The Hall–Kier alpha value is -1.51. The molecule has 0 bridgehead atoms. The van der Waals surface area contributed by atoms with Gasteiger partial charge in [0.25, 0.3) is 0 Å². The summed E-state index contributed by atoms with van der Waals surface area (Å²) in [7, 11) is 0. The lowest BCUT2D eigenvalue weighted by atomic mass is 9.98. The third-order valence-corrected chi connectivity index (χ3v) is 2.25. The number of carbonyl (C=O) groups is 1. The molecule has 1 N–H and O–H groups in total. The molecule has 1 aromatic rings. The Bertz CT molecular complexity index is 369. The summed E-state index contributed by atoms with van der Waals surface area (Å²) in [5.74, 6) is 0.289. The fourth-order valence-electron chi connectivity index (χ4n) is 1.64. The van der Waals surface area contributed by atoms with Crippen LogP contribution in [0.15, 0.2) is 18.2 Å². The van der Waals surface area contributed by atoms with Gasteiger partial charge in [0.1, 0.15) is 5.75 Å². The van der Waals surface area contributed by atoms with E-state index >= 15 is 0 Å². The first-order valence-corrected chi connectivity index (χ1v) is 5.53. The summed E-state index contributed by atoms with van der Waals surface area (Å²) in [6, 6.07) is 5.15. The highest BCUT2D eigenvalue weighted by atomic mass is 16.5. The van der Waals surface area contributed by atoms with Crippen molar-refractivity contribution in [3.8, 4) is 5.75 Å². The molecule has 0 aliphatic heterocycles. The van der Waals surface area contributed by atoms with Gasteiger partial charge in [-0.1, -0.05) is 13.8 Å². The Kier molecular flexibility index (Phi) is 4.35. The third-order valence-electron chi connectivity index (χ3n) is 2.25. The number of rotatable bonds is 5. The van der Waals surface area contributed by atoms with Crippen molar-refractivity contribution >= 4 is 5.97 Å². The van der Waals surface area contributed by atoms with Crippen molar-refractivity contribution in [2.45, 2.75) is 27.2 Å². The topological polar surface area (TPSA) is 46.5 Å². The molecule has 3 nitrogen and oxygen atoms in total. The highest BCUT2D eigenvalue weighted by Crippen LogP contribution is 2.21. The van der Waals surface area contributed by atoms with Gasteiger partial charge in [-0.05, 0) is 43.0 Å². The molecule has 0 radical (unpaired) electrons. The number of carboxylic acid groups (broad SMARTS) is 1. The molecule has 1 aromatic carbocycles. The van der Waals surface area contributed by atoms with Crippen molar-refractivity contribution in [3.63, 3.8) is 0 Å². The van der Waals surface area contributed by atoms with Crippen LogP contribution in [0.1, 0.15) is 36.7 Å². The first-order valence-electron chi connectivity index (χ1n) is 5.53. The van der Waals surface area contributed by atoms with Gasteiger partial charge in [0.2, 0.25) is 0 Å². The van der Waals surface area contributed by atoms with Crippen LogP contribution in [0.5, 0.6) is 5.75 Å². The Morgan fingerprint density at radius 2 is 2.12 bits per heavy atom. The van der Waals surface area contributed by atoms with E-state index in [1.807, 2.05) is 13.0 Å². The monoisotopic (exact) mass is 222 g/mol. The number of hydrogen-bond donors (Lipinski definition) is 1. The van der Waals surface area contributed by atoms with Crippen molar-refractivity contribution in [3.05, 3.63) is 29.3 Å². The quantitative estimate of drug-likeness (QED) is 0.833. The highest BCUT2D eigenvalue weighted by Gasteiger charge is 2.12. The lowest BCUT2D eigenvalue weighted by Crippen LogP contribution is -2.06. The second-order valence-corrected chi connectivity index (χ2v) is 4.16. The maximum Gasteiger partial charge on any atom is 0.335 e. The maximum absolute atomic E-state index is 11.0. The van der Waals surface area contributed by atoms with Crippen molar-refractivity contribution in [2.75, 3.05) is 6.61 Å². The molecule has 0 aliphatic rings. The molecule has 0 spiro atoms. The van der Waals surface area contributed by atoms with E-state index in [9.17, 15) is 4.79 Å². The number of benzene rings is 1. The van der Waals surface area contributed by atoms with Crippen LogP contribution in [-0.2, 0) is 6.42 Å². The Morgan fingerprint density at radius 1 is 1.44 bits per heavy atom. The molecule has 3 heteroatoms. The summed E-state index contributed by atoms with van der Waals surface area (Å²) in [6.45, 7) is 6.64. The van der Waals surface area contributed by atoms with E-state index in [1.165, 1.54) is 0 Å². The second-order valence-electron chi connectivity index (χ2n) is 4.16. The molecule has 0 amide bonds. The molecular formula is C13H18O3. The molecule has 88 valence electrons. The summed E-state index contributed by atoms with van der Waals surface area (Å²) in [6.07, 6.45) is 0.753. The fourth-order valence-corrected chi connectivity index (χ4v) is 1.64. The van der Waals surface area contributed by atoms with Gasteiger partial charge in [0, 0.05) is 0 Å². The standard InChI is InChI=1S/C13H18O3/c1-4-16-11-5-6-12(13(14)15)10(8-11)7-9(2)3/h5-6,8-9H,4,7H2,1-3H3,(H,14,15). The minimum atomic E-state index is -0.876. The van der Waals surface area contributed by atoms with Crippen molar-refractivity contribution in [1.82, 2.24) is 0 Å². The highest BCUT2D eigenvalue weighted by molar-refractivity contribution is 5.89. The predicted molar refractivity (Wildman–Crippen MR) is 63.1 cm³/mol. The van der Waals surface area contributed by atoms with E-state index in [4.69, 9.17) is 9.84 Å². The van der Waals surface area contributed by atoms with Crippen LogP contribution in [0.2, 0.25) is 0 Å². The minimum absolute atomic E-state index is 0.372. The number of hydrogen-bond acceptors (Lipinski definition) is 2. The van der Waals surface area contributed by atoms with Crippen LogP contribution < -0.4 is 4.74 Å². The summed E-state index contributed by atoms with van der Waals surface area (Å²) < 4.78 is 5.37. The third kappa shape index (κ3) is 3.26. The smallest absolute Gasteiger partial charge is 0.335 e. The van der Waals surface area contributed by atoms with Gasteiger partial charge in [-0.2, -0.15) is 0 Å². The normalized spacial score (nSPS) is 10.5. The maximum atomic E-state index is 11.0. The van der Waals surface area contributed by atoms with Gasteiger partial charge < -0.3 is 9.84 Å². The summed E-state index contributed by atoms with van der Waals surface area (Å²) in [5.41, 5.74) is 1.21. The first kappa shape index (κ1) is 12.6. The van der Waals surface area contributed by atoms with Crippen LogP contribution >= 0.6 is 0 Å². The van der Waals surface area contributed by atoms with Gasteiger partial charge in [0.05, 0.1) is 12.2 Å². The van der Waals surface area contributed by atoms with E-state index in [1.54, 1.807) is 12.1 Å².